The first-order chi connectivity index (χ1) is 17.9. The predicted molar refractivity (Wildman–Crippen MR) is 154 cm³/mol. The Balaban J connectivity index is 1.96. The van der Waals surface area contributed by atoms with Crippen molar-refractivity contribution in [1.82, 2.24) is 10.2 Å². The SMILES string of the molecule is CC[C@H](C(=O)NC1CCCCC1)N(Cc1ccc(Cl)c(Cl)c1)C(=O)CN(c1cc(Cl)ccc1C)S(C)(=O)=O. The molecule has 208 valence electrons. The van der Waals surface area contributed by atoms with Gasteiger partial charge in [-0.3, -0.25) is 13.9 Å². The Labute approximate surface area is 240 Å². The van der Waals surface area contributed by atoms with Gasteiger partial charge in [0.25, 0.3) is 0 Å². The Hall–Kier alpha value is -2.00. The van der Waals surface area contributed by atoms with Crippen LogP contribution >= 0.6 is 34.8 Å². The molecule has 0 bridgehead atoms. The molecule has 11 heteroatoms. The summed E-state index contributed by atoms with van der Waals surface area (Å²) in [6.07, 6.45) is 6.44. The standard InChI is InChI=1S/C27H34Cl3N3O4S/c1-4-24(27(35)31-21-8-6-5-7-9-21)32(16-19-11-13-22(29)23(30)14-19)26(34)17-33(38(3,36)37)25-15-20(28)12-10-18(25)2/h10-15,21,24H,4-9,16-17H2,1-3H3,(H,31,35)/t24-/m1/s1. The second-order valence-corrected chi connectivity index (χ2v) is 12.9. The zero-order chi connectivity index (χ0) is 28.0. The van der Waals surface area contributed by atoms with Crippen LogP contribution in [0.25, 0.3) is 0 Å². The molecule has 2 aromatic carbocycles. The third-order valence-corrected chi connectivity index (χ3v) is 8.89. The molecule has 1 atom stereocenters. The second-order valence-electron chi connectivity index (χ2n) is 9.74. The lowest BCUT2D eigenvalue weighted by Gasteiger charge is -2.34. The van der Waals surface area contributed by atoms with Gasteiger partial charge in [0, 0.05) is 17.6 Å². The van der Waals surface area contributed by atoms with E-state index < -0.39 is 28.5 Å². The highest BCUT2D eigenvalue weighted by Crippen LogP contribution is 2.28. The van der Waals surface area contributed by atoms with Crippen LogP contribution < -0.4 is 9.62 Å². The molecule has 0 saturated heterocycles. The van der Waals surface area contributed by atoms with Crippen molar-refractivity contribution < 1.29 is 18.0 Å². The molecule has 0 radical (unpaired) electrons. The maximum Gasteiger partial charge on any atom is 0.244 e. The van der Waals surface area contributed by atoms with E-state index in [4.69, 9.17) is 34.8 Å². The number of aryl methyl sites for hydroxylation is 1. The molecule has 1 aliphatic carbocycles. The molecule has 2 amide bonds. The number of nitrogens with one attached hydrogen (secondary N) is 1. The van der Waals surface area contributed by atoms with Crippen LogP contribution in [0, 0.1) is 6.92 Å². The summed E-state index contributed by atoms with van der Waals surface area (Å²) in [5.74, 6) is -0.774. The van der Waals surface area contributed by atoms with Gasteiger partial charge in [-0.1, -0.05) is 73.1 Å². The van der Waals surface area contributed by atoms with Crippen LogP contribution in [-0.2, 0) is 26.2 Å². The van der Waals surface area contributed by atoms with Gasteiger partial charge >= 0.3 is 0 Å². The maximum absolute atomic E-state index is 13.9. The van der Waals surface area contributed by atoms with Gasteiger partial charge in [-0.25, -0.2) is 8.42 Å². The van der Waals surface area contributed by atoms with Crippen LogP contribution in [0.1, 0.15) is 56.6 Å². The number of sulfonamides is 1. The van der Waals surface area contributed by atoms with Crippen molar-refractivity contribution in [3.8, 4) is 0 Å². The summed E-state index contributed by atoms with van der Waals surface area (Å²) in [5.41, 5.74) is 1.62. The third kappa shape index (κ3) is 8.01. The van der Waals surface area contributed by atoms with Gasteiger partial charge in [0.2, 0.25) is 21.8 Å². The maximum atomic E-state index is 13.9. The molecule has 1 N–H and O–H groups in total. The molecule has 3 rings (SSSR count). The number of hydrogen-bond donors (Lipinski definition) is 1. The van der Waals surface area contributed by atoms with E-state index in [2.05, 4.69) is 5.32 Å². The minimum atomic E-state index is -3.86. The van der Waals surface area contributed by atoms with Gasteiger partial charge in [-0.2, -0.15) is 0 Å². The van der Waals surface area contributed by atoms with E-state index in [1.54, 1.807) is 37.3 Å². The van der Waals surface area contributed by atoms with E-state index >= 15 is 0 Å². The Bertz CT molecular complexity index is 1270. The zero-order valence-corrected chi connectivity index (χ0v) is 24.9. The van der Waals surface area contributed by atoms with E-state index in [9.17, 15) is 18.0 Å². The Morgan fingerprint density at radius 2 is 1.71 bits per heavy atom. The molecule has 0 heterocycles. The minimum Gasteiger partial charge on any atom is -0.352 e. The Kier molecular flexibility index (Phi) is 10.7. The molecule has 7 nitrogen and oxygen atoms in total. The average Bonchev–Trinajstić information content (AvgIpc) is 2.86. The van der Waals surface area contributed by atoms with Crippen molar-refractivity contribution in [2.24, 2.45) is 0 Å². The number of anilines is 1. The lowest BCUT2D eigenvalue weighted by atomic mass is 9.95. The number of benzene rings is 2. The largest absolute Gasteiger partial charge is 0.352 e. The van der Waals surface area contributed by atoms with Crippen LogP contribution in [-0.4, -0.2) is 50.0 Å². The van der Waals surface area contributed by atoms with Gasteiger partial charge < -0.3 is 10.2 Å². The summed E-state index contributed by atoms with van der Waals surface area (Å²) >= 11 is 18.5. The molecule has 0 spiro atoms. The second kappa shape index (κ2) is 13.4. The van der Waals surface area contributed by atoms with Crippen molar-refractivity contribution in [3.05, 3.63) is 62.6 Å². The summed E-state index contributed by atoms with van der Waals surface area (Å²) in [5, 5.41) is 4.15. The lowest BCUT2D eigenvalue weighted by molar-refractivity contribution is -0.140. The first kappa shape index (κ1) is 30.5. The molecule has 0 aromatic heterocycles. The molecule has 1 aliphatic rings. The van der Waals surface area contributed by atoms with E-state index in [1.165, 1.54) is 11.0 Å². The summed E-state index contributed by atoms with van der Waals surface area (Å²) in [6, 6.07) is 9.13. The fourth-order valence-electron chi connectivity index (χ4n) is 4.74. The summed E-state index contributed by atoms with van der Waals surface area (Å²) in [6.45, 7) is 3.14. The Morgan fingerprint density at radius 1 is 1.03 bits per heavy atom. The van der Waals surface area contributed by atoms with Gasteiger partial charge in [0.05, 0.1) is 22.0 Å². The fraction of sp³-hybridized carbons (Fsp3) is 0.481. The van der Waals surface area contributed by atoms with Gasteiger partial charge in [0.1, 0.15) is 12.6 Å². The van der Waals surface area contributed by atoms with Crippen LogP contribution in [0.2, 0.25) is 15.1 Å². The van der Waals surface area contributed by atoms with Crippen molar-refractivity contribution in [2.45, 2.75) is 71.0 Å². The van der Waals surface area contributed by atoms with Crippen molar-refractivity contribution >= 4 is 62.3 Å². The monoisotopic (exact) mass is 601 g/mol. The first-order valence-corrected chi connectivity index (χ1v) is 15.7. The summed E-state index contributed by atoms with van der Waals surface area (Å²) in [4.78, 5) is 28.7. The van der Waals surface area contributed by atoms with Gasteiger partial charge in [-0.15, -0.1) is 0 Å². The number of halogens is 3. The molecule has 2 aromatic rings. The van der Waals surface area contributed by atoms with Gasteiger partial charge in [-0.05, 0) is 61.6 Å². The van der Waals surface area contributed by atoms with Crippen molar-refractivity contribution in [2.75, 3.05) is 17.1 Å². The molecule has 38 heavy (non-hydrogen) atoms. The number of rotatable bonds is 10. The molecule has 1 saturated carbocycles. The smallest absolute Gasteiger partial charge is 0.244 e. The predicted octanol–water partition coefficient (Wildman–Crippen LogP) is 5.98. The number of carbonyl (C=O) groups excluding carboxylic acids is 2. The summed E-state index contributed by atoms with van der Waals surface area (Å²) < 4.78 is 26.7. The van der Waals surface area contributed by atoms with Crippen LogP contribution in [0.4, 0.5) is 5.69 Å². The number of hydrogen-bond acceptors (Lipinski definition) is 4. The highest BCUT2D eigenvalue weighted by molar-refractivity contribution is 7.92. The lowest BCUT2D eigenvalue weighted by Crippen LogP contribution is -2.54. The van der Waals surface area contributed by atoms with Crippen molar-refractivity contribution in [3.63, 3.8) is 0 Å². The van der Waals surface area contributed by atoms with E-state index in [-0.39, 0.29) is 18.5 Å². The normalized spacial score (nSPS) is 15.1. The quantitative estimate of drug-likeness (QED) is 0.363. The van der Waals surface area contributed by atoms with Crippen molar-refractivity contribution in [1.29, 1.82) is 0 Å². The minimum absolute atomic E-state index is 0.0540. The van der Waals surface area contributed by atoms with Crippen LogP contribution in [0.15, 0.2) is 36.4 Å². The zero-order valence-electron chi connectivity index (χ0n) is 21.8. The Morgan fingerprint density at radius 3 is 2.32 bits per heavy atom. The highest BCUT2D eigenvalue weighted by Gasteiger charge is 2.33. The summed E-state index contributed by atoms with van der Waals surface area (Å²) in [7, 11) is -3.86. The molecular formula is C27H34Cl3N3O4S. The topological polar surface area (TPSA) is 86.8 Å². The van der Waals surface area contributed by atoms with Gasteiger partial charge in [0.15, 0.2) is 0 Å². The molecular weight excluding hydrogens is 569 g/mol. The first-order valence-electron chi connectivity index (χ1n) is 12.7. The molecule has 0 unspecified atom stereocenters. The number of nitrogens with zero attached hydrogens (tertiary/aromatic N) is 2. The van der Waals surface area contributed by atoms with Crippen LogP contribution in [0.3, 0.4) is 0 Å². The number of amides is 2. The van der Waals surface area contributed by atoms with E-state index in [1.807, 2.05) is 6.92 Å². The third-order valence-electron chi connectivity index (χ3n) is 6.79. The fourth-order valence-corrected chi connectivity index (χ4v) is 6.13. The highest BCUT2D eigenvalue weighted by atomic mass is 35.5. The number of carbonyl (C=O) groups is 2. The van der Waals surface area contributed by atoms with E-state index in [0.717, 1.165) is 42.7 Å². The molecule has 1 fully saturated rings. The van der Waals surface area contributed by atoms with Crippen LogP contribution in [0.5, 0.6) is 0 Å². The molecule has 0 aliphatic heterocycles. The average molecular weight is 603 g/mol. The van der Waals surface area contributed by atoms with E-state index in [0.29, 0.717) is 38.3 Å².